The standard InChI is InChI=1S/C24H21N3O2/c28-24(13-12-22-6-3-16-29-22)25-17-21-5-1-2-7-23(21)20-10-8-19(9-11-20)18-27-15-4-14-26-27/h1-16H,17-18H2,(H,25,28). The van der Waals surface area contributed by atoms with Gasteiger partial charge in [0.05, 0.1) is 12.8 Å². The van der Waals surface area contributed by atoms with Crippen LogP contribution in [0.1, 0.15) is 16.9 Å². The first-order valence-corrected chi connectivity index (χ1v) is 9.42. The molecule has 1 N–H and O–H groups in total. The van der Waals surface area contributed by atoms with E-state index in [4.69, 9.17) is 4.42 Å². The van der Waals surface area contributed by atoms with Crippen molar-refractivity contribution in [2.24, 2.45) is 0 Å². The molecular weight excluding hydrogens is 362 g/mol. The molecule has 1 amide bonds. The zero-order valence-corrected chi connectivity index (χ0v) is 15.9. The van der Waals surface area contributed by atoms with Crippen molar-refractivity contribution in [3.05, 3.63) is 108 Å². The lowest BCUT2D eigenvalue weighted by atomic mass is 9.98. The highest BCUT2D eigenvalue weighted by Gasteiger charge is 2.06. The fourth-order valence-electron chi connectivity index (χ4n) is 3.11. The molecule has 2 heterocycles. The van der Waals surface area contributed by atoms with Crippen molar-refractivity contribution >= 4 is 12.0 Å². The second kappa shape index (κ2) is 8.89. The minimum absolute atomic E-state index is 0.161. The SMILES string of the molecule is O=C(C=Cc1ccco1)NCc1ccccc1-c1ccc(Cn2cccn2)cc1. The number of hydrogen-bond acceptors (Lipinski definition) is 3. The fraction of sp³-hybridized carbons (Fsp3) is 0.0833. The van der Waals surface area contributed by atoms with E-state index >= 15 is 0 Å². The van der Waals surface area contributed by atoms with Gasteiger partial charge < -0.3 is 9.73 Å². The Bertz CT molecular complexity index is 1080. The van der Waals surface area contributed by atoms with Gasteiger partial charge in [0.1, 0.15) is 5.76 Å². The average molecular weight is 383 g/mol. The topological polar surface area (TPSA) is 60.1 Å². The summed E-state index contributed by atoms with van der Waals surface area (Å²) < 4.78 is 7.09. The van der Waals surface area contributed by atoms with Gasteiger partial charge in [0, 0.05) is 25.0 Å². The van der Waals surface area contributed by atoms with E-state index in [1.165, 1.54) is 11.6 Å². The Hall–Kier alpha value is -3.86. The summed E-state index contributed by atoms with van der Waals surface area (Å²) in [5.74, 6) is 0.488. The van der Waals surface area contributed by atoms with Gasteiger partial charge in [0.15, 0.2) is 0 Å². The van der Waals surface area contributed by atoms with Crippen LogP contribution >= 0.6 is 0 Å². The molecule has 0 saturated carbocycles. The van der Waals surface area contributed by atoms with E-state index in [0.29, 0.717) is 12.3 Å². The first-order valence-electron chi connectivity index (χ1n) is 9.42. The Morgan fingerprint density at radius 3 is 2.66 bits per heavy atom. The Morgan fingerprint density at radius 2 is 1.90 bits per heavy atom. The lowest BCUT2D eigenvalue weighted by Crippen LogP contribution is -2.20. The van der Waals surface area contributed by atoms with Gasteiger partial charge in [-0.25, -0.2) is 0 Å². The molecule has 0 aliphatic carbocycles. The van der Waals surface area contributed by atoms with Crippen LogP contribution in [0, 0.1) is 0 Å². The van der Waals surface area contributed by atoms with Crippen LogP contribution < -0.4 is 5.32 Å². The first-order chi connectivity index (χ1) is 14.3. The van der Waals surface area contributed by atoms with E-state index < -0.39 is 0 Å². The summed E-state index contributed by atoms with van der Waals surface area (Å²) in [6.45, 7) is 1.19. The van der Waals surface area contributed by atoms with Gasteiger partial charge in [-0.2, -0.15) is 5.10 Å². The van der Waals surface area contributed by atoms with E-state index in [9.17, 15) is 4.79 Å². The van der Waals surface area contributed by atoms with E-state index in [1.807, 2.05) is 35.1 Å². The maximum atomic E-state index is 12.1. The van der Waals surface area contributed by atoms with E-state index in [1.54, 1.807) is 30.7 Å². The molecule has 0 atom stereocenters. The predicted molar refractivity (Wildman–Crippen MR) is 113 cm³/mol. The third-order valence-corrected chi connectivity index (χ3v) is 4.58. The van der Waals surface area contributed by atoms with Crippen LogP contribution in [0.3, 0.4) is 0 Å². The van der Waals surface area contributed by atoms with Crippen molar-refractivity contribution in [2.75, 3.05) is 0 Å². The lowest BCUT2D eigenvalue weighted by Gasteiger charge is -2.11. The molecule has 2 aromatic heterocycles. The molecule has 4 aromatic rings. The number of benzene rings is 2. The van der Waals surface area contributed by atoms with Crippen LogP contribution in [0.15, 0.2) is 95.9 Å². The normalized spacial score (nSPS) is 11.0. The Balaban J connectivity index is 1.43. The van der Waals surface area contributed by atoms with Gasteiger partial charge >= 0.3 is 0 Å². The van der Waals surface area contributed by atoms with E-state index in [2.05, 4.69) is 40.7 Å². The van der Waals surface area contributed by atoms with Crippen molar-refractivity contribution in [1.29, 1.82) is 0 Å². The minimum Gasteiger partial charge on any atom is -0.465 e. The summed E-state index contributed by atoms with van der Waals surface area (Å²) in [6.07, 6.45) is 8.44. The molecule has 29 heavy (non-hydrogen) atoms. The Kier molecular flexibility index (Phi) is 5.67. The van der Waals surface area contributed by atoms with Crippen LogP contribution in [0.25, 0.3) is 17.2 Å². The van der Waals surface area contributed by atoms with Gasteiger partial charge in [-0.1, -0.05) is 48.5 Å². The highest BCUT2D eigenvalue weighted by Crippen LogP contribution is 2.24. The second-order valence-corrected chi connectivity index (χ2v) is 6.62. The molecule has 5 nitrogen and oxygen atoms in total. The predicted octanol–water partition coefficient (Wildman–Crippen LogP) is 4.52. The molecule has 0 spiro atoms. The van der Waals surface area contributed by atoms with Gasteiger partial charge in [-0.15, -0.1) is 0 Å². The zero-order chi connectivity index (χ0) is 19.9. The number of nitrogens with zero attached hydrogens (tertiary/aromatic N) is 2. The second-order valence-electron chi connectivity index (χ2n) is 6.62. The van der Waals surface area contributed by atoms with Crippen LogP contribution in [0.2, 0.25) is 0 Å². The molecule has 0 radical (unpaired) electrons. The van der Waals surface area contributed by atoms with Crippen molar-refractivity contribution in [1.82, 2.24) is 15.1 Å². The summed E-state index contributed by atoms with van der Waals surface area (Å²) in [6, 6.07) is 22.0. The Labute approximate surface area is 169 Å². The largest absolute Gasteiger partial charge is 0.465 e. The molecule has 4 rings (SSSR count). The van der Waals surface area contributed by atoms with Gasteiger partial charge in [0.2, 0.25) is 5.91 Å². The Morgan fingerprint density at radius 1 is 1.03 bits per heavy atom. The maximum absolute atomic E-state index is 12.1. The molecule has 0 fully saturated rings. The molecule has 0 aliphatic heterocycles. The third kappa shape index (κ3) is 4.90. The third-order valence-electron chi connectivity index (χ3n) is 4.58. The number of carbonyl (C=O) groups excluding carboxylic acids is 1. The number of rotatable bonds is 7. The van der Waals surface area contributed by atoms with Crippen LogP contribution in [0.4, 0.5) is 0 Å². The summed E-state index contributed by atoms with van der Waals surface area (Å²) >= 11 is 0. The smallest absolute Gasteiger partial charge is 0.244 e. The number of hydrogen-bond donors (Lipinski definition) is 1. The molecule has 0 bridgehead atoms. The molecule has 144 valence electrons. The molecular formula is C24H21N3O2. The number of aromatic nitrogens is 2. The van der Waals surface area contributed by atoms with Crippen LogP contribution in [-0.4, -0.2) is 15.7 Å². The highest BCUT2D eigenvalue weighted by molar-refractivity contribution is 5.91. The summed E-state index contributed by atoms with van der Waals surface area (Å²) in [4.78, 5) is 12.1. The molecule has 5 heteroatoms. The average Bonchev–Trinajstić information content (AvgIpc) is 3.46. The summed E-state index contributed by atoms with van der Waals surface area (Å²) in [7, 11) is 0. The van der Waals surface area contributed by atoms with Gasteiger partial charge in [0.25, 0.3) is 0 Å². The molecule has 0 unspecified atom stereocenters. The number of amides is 1. The fourth-order valence-corrected chi connectivity index (χ4v) is 3.11. The number of carbonyl (C=O) groups is 1. The van der Waals surface area contributed by atoms with E-state index in [0.717, 1.165) is 23.2 Å². The molecule has 2 aromatic carbocycles. The van der Waals surface area contributed by atoms with Crippen molar-refractivity contribution in [3.8, 4) is 11.1 Å². The monoisotopic (exact) mass is 383 g/mol. The molecule has 0 saturated heterocycles. The van der Waals surface area contributed by atoms with Crippen molar-refractivity contribution in [3.63, 3.8) is 0 Å². The molecule has 0 aliphatic rings. The first kappa shape index (κ1) is 18.5. The zero-order valence-electron chi connectivity index (χ0n) is 15.9. The van der Waals surface area contributed by atoms with Crippen LogP contribution in [0.5, 0.6) is 0 Å². The lowest BCUT2D eigenvalue weighted by molar-refractivity contribution is -0.116. The van der Waals surface area contributed by atoms with Crippen molar-refractivity contribution < 1.29 is 9.21 Å². The maximum Gasteiger partial charge on any atom is 0.244 e. The van der Waals surface area contributed by atoms with Crippen molar-refractivity contribution in [2.45, 2.75) is 13.1 Å². The van der Waals surface area contributed by atoms with E-state index in [-0.39, 0.29) is 5.91 Å². The number of furan rings is 1. The summed E-state index contributed by atoms with van der Waals surface area (Å²) in [5.41, 5.74) is 4.47. The van der Waals surface area contributed by atoms with Gasteiger partial charge in [-0.3, -0.25) is 9.48 Å². The highest BCUT2D eigenvalue weighted by atomic mass is 16.3. The quantitative estimate of drug-likeness (QED) is 0.477. The van der Waals surface area contributed by atoms with Crippen LogP contribution in [-0.2, 0) is 17.9 Å². The summed E-state index contributed by atoms with van der Waals surface area (Å²) in [5, 5.41) is 7.18. The minimum atomic E-state index is -0.161. The van der Waals surface area contributed by atoms with Gasteiger partial charge in [-0.05, 0) is 46.5 Å². The number of nitrogens with one attached hydrogen (secondary N) is 1.